The lowest BCUT2D eigenvalue weighted by molar-refractivity contribution is -0.0232. The highest BCUT2D eigenvalue weighted by Crippen LogP contribution is 2.46. The largest absolute Gasteiger partial charge is 0.507 e. The number of allylic oxidation sites excluding steroid dienone is 2. The Labute approximate surface area is 184 Å². The number of aliphatic hydroxyl groups is 1. The first-order valence-electron chi connectivity index (χ1n) is 10.4. The number of hydrogen-bond donors (Lipinski definition) is 4. The summed E-state index contributed by atoms with van der Waals surface area (Å²) >= 11 is 0. The van der Waals surface area contributed by atoms with Crippen molar-refractivity contribution in [1.82, 2.24) is 0 Å². The van der Waals surface area contributed by atoms with Gasteiger partial charge in [0, 0.05) is 17.5 Å². The van der Waals surface area contributed by atoms with Crippen LogP contribution in [0.4, 0.5) is 0 Å². The van der Waals surface area contributed by atoms with Gasteiger partial charge in [0.1, 0.15) is 34.8 Å². The van der Waals surface area contributed by atoms with E-state index in [4.69, 9.17) is 9.15 Å². The SMILES string of the molecule is CC(C)=CCc1c2c(c(O)c3c(=O)c(-c4ccc(O)c(O)c4)coc13)CC(C(C)(C)O)O2. The predicted molar refractivity (Wildman–Crippen MR) is 120 cm³/mol. The minimum atomic E-state index is -1.16. The molecule has 2 heterocycles. The molecule has 1 atom stereocenters. The van der Waals surface area contributed by atoms with Gasteiger partial charge in [-0.3, -0.25) is 4.79 Å². The Morgan fingerprint density at radius 3 is 2.53 bits per heavy atom. The van der Waals surface area contributed by atoms with Gasteiger partial charge in [0.25, 0.3) is 0 Å². The summed E-state index contributed by atoms with van der Waals surface area (Å²) < 4.78 is 11.9. The Hall–Kier alpha value is -3.45. The molecule has 0 amide bonds. The summed E-state index contributed by atoms with van der Waals surface area (Å²) in [5, 5.41) is 41.0. The zero-order chi connectivity index (χ0) is 23.4. The molecule has 1 aliphatic rings. The maximum absolute atomic E-state index is 13.4. The van der Waals surface area contributed by atoms with Gasteiger partial charge >= 0.3 is 0 Å². The fourth-order valence-corrected chi connectivity index (χ4v) is 3.93. The molecular weight excluding hydrogens is 412 g/mol. The topological polar surface area (TPSA) is 120 Å². The Morgan fingerprint density at radius 1 is 1.19 bits per heavy atom. The molecule has 0 bridgehead atoms. The van der Waals surface area contributed by atoms with Crippen LogP contribution in [-0.4, -0.2) is 32.1 Å². The van der Waals surface area contributed by atoms with Crippen molar-refractivity contribution >= 4 is 11.0 Å². The monoisotopic (exact) mass is 438 g/mol. The maximum atomic E-state index is 13.4. The van der Waals surface area contributed by atoms with Crippen LogP contribution in [0.1, 0.15) is 38.8 Å². The van der Waals surface area contributed by atoms with E-state index in [2.05, 4.69) is 0 Å². The van der Waals surface area contributed by atoms with Gasteiger partial charge in [-0.2, -0.15) is 0 Å². The van der Waals surface area contributed by atoms with Crippen molar-refractivity contribution in [2.24, 2.45) is 0 Å². The molecular formula is C25H26O7. The van der Waals surface area contributed by atoms with E-state index >= 15 is 0 Å². The van der Waals surface area contributed by atoms with Crippen LogP contribution < -0.4 is 10.2 Å². The summed E-state index contributed by atoms with van der Waals surface area (Å²) in [5.41, 5.74) is 1.21. The van der Waals surface area contributed by atoms with Gasteiger partial charge in [0.2, 0.25) is 5.43 Å². The van der Waals surface area contributed by atoms with Crippen LogP contribution in [0.5, 0.6) is 23.0 Å². The van der Waals surface area contributed by atoms with Crippen LogP contribution in [0.2, 0.25) is 0 Å². The van der Waals surface area contributed by atoms with Crippen molar-refractivity contribution in [3.63, 3.8) is 0 Å². The molecule has 7 heteroatoms. The van der Waals surface area contributed by atoms with Crippen molar-refractivity contribution in [2.45, 2.75) is 52.2 Å². The second-order valence-electron chi connectivity index (χ2n) is 8.97. The Balaban J connectivity index is 2.00. The Morgan fingerprint density at radius 2 is 1.91 bits per heavy atom. The third kappa shape index (κ3) is 3.58. The second kappa shape index (κ2) is 7.60. The lowest BCUT2D eigenvalue weighted by atomic mass is 9.93. The quantitative estimate of drug-likeness (QED) is 0.357. The molecule has 1 aromatic heterocycles. The van der Waals surface area contributed by atoms with E-state index < -0.39 is 17.1 Å². The first-order chi connectivity index (χ1) is 15.0. The third-order valence-corrected chi connectivity index (χ3v) is 5.78. The van der Waals surface area contributed by atoms with Gasteiger partial charge in [0.15, 0.2) is 11.5 Å². The maximum Gasteiger partial charge on any atom is 0.204 e. The number of aromatic hydroxyl groups is 3. The average molecular weight is 438 g/mol. The van der Waals surface area contributed by atoms with Crippen LogP contribution >= 0.6 is 0 Å². The van der Waals surface area contributed by atoms with Gasteiger partial charge in [-0.25, -0.2) is 0 Å². The van der Waals surface area contributed by atoms with Crippen molar-refractivity contribution in [2.75, 3.05) is 0 Å². The number of rotatable bonds is 4. The zero-order valence-corrected chi connectivity index (χ0v) is 18.4. The van der Waals surface area contributed by atoms with E-state index in [9.17, 15) is 25.2 Å². The average Bonchev–Trinajstić information content (AvgIpc) is 3.16. The van der Waals surface area contributed by atoms with Crippen LogP contribution in [-0.2, 0) is 12.8 Å². The van der Waals surface area contributed by atoms with Crippen molar-refractivity contribution in [1.29, 1.82) is 0 Å². The van der Waals surface area contributed by atoms with Crippen molar-refractivity contribution in [3.05, 3.63) is 57.5 Å². The van der Waals surface area contributed by atoms with Gasteiger partial charge in [-0.05, 0) is 51.8 Å². The highest BCUT2D eigenvalue weighted by molar-refractivity contribution is 5.93. The van der Waals surface area contributed by atoms with Crippen molar-refractivity contribution in [3.8, 4) is 34.1 Å². The Kier molecular flexibility index (Phi) is 5.17. The third-order valence-electron chi connectivity index (χ3n) is 5.78. The van der Waals surface area contributed by atoms with E-state index in [0.29, 0.717) is 28.9 Å². The van der Waals surface area contributed by atoms with Gasteiger partial charge < -0.3 is 29.6 Å². The molecule has 1 unspecified atom stereocenters. The second-order valence-corrected chi connectivity index (χ2v) is 8.97. The first-order valence-corrected chi connectivity index (χ1v) is 10.4. The van der Waals surface area contributed by atoms with E-state index in [1.165, 1.54) is 24.5 Å². The smallest absolute Gasteiger partial charge is 0.204 e. The van der Waals surface area contributed by atoms with E-state index in [1.54, 1.807) is 13.8 Å². The van der Waals surface area contributed by atoms with E-state index in [-0.39, 0.29) is 40.2 Å². The molecule has 32 heavy (non-hydrogen) atoms. The predicted octanol–water partition coefficient (Wildman–Crippen LogP) is 4.16. The number of hydrogen-bond acceptors (Lipinski definition) is 7. The van der Waals surface area contributed by atoms with Crippen LogP contribution in [0, 0.1) is 0 Å². The summed E-state index contributed by atoms with van der Waals surface area (Å²) in [7, 11) is 0. The molecule has 0 saturated carbocycles. The molecule has 4 rings (SSSR count). The molecule has 0 radical (unpaired) electrons. The van der Waals surface area contributed by atoms with Crippen LogP contribution in [0.25, 0.3) is 22.1 Å². The summed E-state index contributed by atoms with van der Waals surface area (Å²) in [6.45, 7) is 7.17. The highest BCUT2D eigenvalue weighted by atomic mass is 16.5. The molecule has 1 aliphatic heterocycles. The normalized spacial score (nSPS) is 15.5. The molecule has 4 N–H and O–H groups in total. The van der Waals surface area contributed by atoms with Gasteiger partial charge in [-0.15, -0.1) is 0 Å². The van der Waals surface area contributed by atoms with Crippen molar-refractivity contribution < 1.29 is 29.6 Å². The van der Waals surface area contributed by atoms with Crippen LogP contribution in [0.15, 0.2) is 45.3 Å². The molecule has 7 nitrogen and oxygen atoms in total. The first kappa shape index (κ1) is 21.8. The highest BCUT2D eigenvalue weighted by Gasteiger charge is 2.39. The number of phenols is 3. The molecule has 0 saturated heterocycles. The summed E-state index contributed by atoms with van der Waals surface area (Å²) in [4.78, 5) is 13.4. The van der Waals surface area contributed by atoms with Crippen LogP contribution in [0.3, 0.4) is 0 Å². The number of ether oxygens (including phenoxy) is 1. The number of fused-ring (bicyclic) bond motifs is 2. The number of benzene rings is 2. The minimum absolute atomic E-state index is 0.0194. The van der Waals surface area contributed by atoms with Gasteiger partial charge in [0.05, 0.1) is 11.2 Å². The number of phenolic OH excluding ortho intramolecular Hbond substituents is 3. The molecule has 0 fully saturated rings. The summed E-state index contributed by atoms with van der Waals surface area (Å²) in [6, 6.07) is 4.02. The standard InChI is InChI=1S/C25H26O7/c1-12(2)5-7-14-23-15(10-19(32-23)25(3,4)30)21(28)20-22(29)16(11-31-24(14)20)13-6-8-17(26)18(27)9-13/h5-6,8-9,11,19,26-28,30H,7,10H2,1-4H3. The Bertz CT molecular complexity index is 1300. The van der Waals surface area contributed by atoms with E-state index in [1.807, 2.05) is 19.9 Å². The fourth-order valence-electron chi connectivity index (χ4n) is 3.93. The lowest BCUT2D eigenvalue weighted by Crippen LogP contribution is -2.39. The molecule has 0 aliphatic carbocycles. The summed E-state index contributed by atoms with van der Waals surface area (Å²) in [5.74, 6) is -0.483. The lowest BCUT2D eigenvalue weighted by Gasteiger charge is -2.24. The summed E-state index contributed by atoms with van der Waals surface area (Å²) in [6.07, 6.45) is 3.32. The molecule has 2 aromatic carbocycles. The van der Waals surface area contributed by atoms with E-state index in [0.717, 1.165) is 5.57 Å². The molecule has 168 valence electrons. The zero-order valence-electron chi connectivity index (χ0n) is 18.4. The van der Waals surface area contributed by atoms with Gasteiger partial charge in [-0.1, -0.05) is 17.7 Å². The molecule has 0 spiro atoms. The minimum Gasteiger partial charge on any atom is -0.507 e. The fraction of sp³-hybridized carbons (Fsp3) is 0.320. The molecule has 3 aromatic rings.